The van der Waals surface area contributed by atoms with E-state index in [1.54, 1.807) is 13.8 Å². The summed E-state index contributed by atoms with van der Waals surface area (Å²) in [6, 6.07) is 0. The number of carbonyl (C=O) groups excluding carboxylic acids is 5. The summed E-state index contributed by atoms with van der Waals surface area (Å²) >= 11 is 0. The van der Waals surface area contributed by atoms with Crippen LogP contribution in [0.15, 0.2) is 0 Å². The van der Waals surface area contributed by atoms with Gasteiger partial charge >= 0.3 is 29.8 Å². The summed E-state index contributed by atoms with van der Waals surface area (Å²) in [6.07, 6.45) is 14.3. The van der Waals surface area contributed by atoms with E-state index in [1.807, 2.05) is 62.3 Å². The van der Waals surface area contributed by atoms with Crippen LogP contribution >= 0.6 is 0 Å². The van der Waals surface area contributed by atoms with Crippen molar-refractivity contribution in [3.63, 3.8) is 0 Å². The molecular weight excluding hydrogens is 704 g/mol. The molecule has 0 amide bonds. The van der Waals surface area contributed by atoms with Gasteiger partial charge in [-0.3, -0.25) is 14.4 Å². The maximum Gasteiger partial charge on any atom is 0.347 e. The average molecular weight is 779 g/mol. The fourth-order valence-electron chi connectivity index (χ4n) is 8.66. The number of cyclic esters (lactones) is 1. The van der Waals surface area contributed by atoms with Gasteiger partial charge in [0.25, 0.3) is 0 Å². The van der Waals surface area contributed by atoms with E-state index in [9.17, 15) is 29.1 Å². The number of hydrogen-bond donors (Lipinski definition) is 1. The average Bonchev–Trinajstić information content (AvgIpc) is 3.53. The minimum atomic E-state index is -0.687. The Hall–Kier alpha value is -2.69. The third-order valence-corrected chi connectivity index (χ3v) is 13.6. The largest absolute Gasteiger partial charge is 0.463 e. The predicted molar refractivity (Wildman–Crippen MR) is 208 cm³/mol. The monoisotopic (exact) mass is 779 g/mol. The van der Waals surface area contributed by atoms with Gasteiger partial charge in [0.1, 0.15) is 11.2 Å². The summed E-state index contributed by atoms with van der Waals surface area (Å²) in [7, 11) is 0. The van der Waals surface area contributed by atoms with Gasteiger partial charge in [0.15, 0.2) is 6.61 Å². The third-order valence-electron chi connectivity index (χ3n) is 13.6. The lowest BCUT2D eigenvalue weighted by atomic mass is 9.52. The number of esters is 5. The van der Waals surface area contributed by atoms with Crippen LogP contribution in [0.4, 0.5) is 0 Å². The van der Waals surface area contributed by atoms with Gasteiger partial charge in [0.2, 0.25) is 6.10 Å². The highest BCUT2D eigenvalue weighted by Crippen LogP contribution is 2.59. The molecule has 1 saturated heterocycles. The van der Waals surface area contributed by atoms with E-state index in [0.717, 1.165) is 51.4 Å². The lowest BCUT2D eigenvalue weighted by molar-refractivity contribution is -0.225. The number of rotatable bonds is 13. The first-order valence-corrected chi connectivity index (χ1v) is 21.2. The Bertz CT molecular complexity index is 1330. The van der Waals surface area contributed by atoms with Crippen LogP contribution in [0.2, 0.25) is 0 Å². The molecule has 4 atom stereocenters. The van der Waals surface area contributed by atoms with Crippen molar-refractivity contribution in [3.05, 3.63) is 0 Å². The smallest absolute Gasteiger partial charge is 0.347 e. The highest BCUT2D eigenvalue weighted by molar-refractivity contribution is 5.83. The molecule has 1 aliphatic heterocycles. The van der Waals surface area contributed by atoms with E-state index in [1.165, 1.54) is 25.7 Å². The summed E-state index contributed by atoms with van der Waals surface area (Å²) in [4.78, 5) is 59.0. The van der Waals surface area contributed by atoms with Gasteiger partial charge in [-0.2, -0.15) is 0 Å². The normalized spacial score (nSPS) is 28.7. The van der Waals surface area contributed by atoms with Gasteiger partial charge in [-0.15, -0.1) is 0 Å². The Balaban J connectivity index is 0.000000227. The van der Waals surface area contributed by atoms with Gasteiger partial charge < -0.3 is 28.8 Å². The van der Waals surface area contributed by atoms with Gasteiger partial charge in [0, 0.05) is 12.8 Å². The molecule has 11 nitrogen and oxygen atoms in total. The molecule has 0 aromatic rings. The van der Waals surface area contributed by atoms with Crippen molar-refractivity contribution in [2.45, 2.75) is 202 Å². The predicted octanol–water partition coefficient (Wildman–Crippen LogP) is 8.59. The van der Waals surface area contributed by atoms with Gasteiger partial charge in [-0.25, -0.2) is 9.59 Å². The summed E-state index contributed by atoms with van der Waals surface area (Å²) in [5, 5.41) is 10.6. The van der Waals surface area contributed by atoms with Crippen molar-refractivity contribution in [1.82, 2.24) is 0 Å². The first-order valence-electron chi connectivity index (χ1n) is 21.2. The first-order chi connectivity index (χ1) is 25.5. The fourth-order valence-corrected chi connectivity index (χ4v) is 8.66. The van der Waals surface area contributed by atoms with Crippen LogP contribution in [0, 0.1) is 34.0 Å². The van der Waals surface area contributed by atoms with Crippen LogP contribution in [-0.2, 0) is 47.7 Å². The van der Waals surface area contributed by atoms with Crippen molar-refractivity contribution in [1.29, 1.82) is 0 Å². The molecule has 1 heterocycles. The van der Waals surface area contributed by atoms with Crippen molar-refractivity contribution < 1.29 is 52.8 Å². The van der Waals surface area contributed by atoms with Crippen molar-refractivity contribution >= 4 is 29.8 Å². The number of hydrogen-bond acceptors (Lipinski definition) is 11. The molecule has 5 saturated carbocycles. The van der Waals surface area contributed by atoms with Gasteiger partial charge in [-0.1, -0.05) is 47.0 Å². The van der Waals surface area contributed by atoms with Crippen LogP contribution in [-0.4, -0.2) is 71.1 Å². The van der Waals surface area contributed by atoms with E-state index in [2.05, 4.69) is 0 Å². The molecule has 4 bridgehead atoms. The second-order valence-electron chi connectivity index (χ2n) is 19.4. The van der Waals surface area contributed by atoms with Crippen molar-refractivity contribution in [3.8, 4) is 0 Å². The maximum absolute atomic E-state index is 12.4. The number of ether oxygens (including phenoxy) is 5. The summed E-state index contributed by atoms with van der Waals surface area (Å²) in [5.74, 6) is -0.0850. The van der Waals surface area contributed by atoms with E-state index in [4.69, 9.17) is 23.7 Å². The molecule has 0 aromatic carbocycles. The van der Waals surface area contributed by atoms with Crippen LogP contribution in [0.25, 0.3) is 0 Å². The van der Waals surface area contributed by atoms with Gasteiger partial charge in [0.05, 0.1) is 28.5 Å². The standard InChI is InChI=1S/C18H32O4.C16H26O3.C10H16O4/c1-6-17(3,4)16(20)21-13-15(19)22-18(5,7-2)14-11-9-8-10-12-14;1-4-14(2,3)13(17)19-16-8-11-5-12(9-16)7-15(18,6-11)10-16;1-4-10(2,3)9(12)14-7-5-6-13-8(7)11/h14H,6-13H2,1-5H3;11-12,18H,4-10H2,1-3H3;7H,4-6H2,1-3H3. The third kappa shape index (κ3) is 12.4. The SMILES string of the molecule is CCC(C)(C)C(=O)OC12CC3CC(CC(O)(C3)C1)C2.CCC(C)(C)C(=O)OC1CCOC1=O.CCC(C)(C)C(=O)OCC(=O)OC(C)(CC)C1CCCCC1. The molecule has 0 spiro atoms. The van der Waals surface area contributed by atoms with E-state index in [0.29, 0.717) is 50.0 Å². The second kappa shape index (κ2) is 18.7. The molecule has 11 heteroatoms. The lowest BCUT2D eigenvalue weighted by Crippen LogP contribution is -2.61. The van der Waals surface area contributed by atoms with Crippen molar-refractivity contribution in [2.24, 2.45) is 34.0 Å². The molecule has 0 aromatic heterocycles. The zero-order chi connectivity index (χ0) is 41.5. The zero-order valence-electron chi connectivity index (χ0n) is 36.1. The Morgan fingerprint density at radius 1 is 0.727 bits per heavy atom. The minimum absolute atomic E-state index is 0.0828. The highest BCUT2D eigenvalue weighted by atomic mass is 16.6. The van der Waals surface area contributed by atoms with E-state index < -0.39 is 45.5 Å². The minimum Gasteiger partial charge on any atom is -0.463 e. The lowest BCUT2D eigenvalue weighted by Gasteiger charge is -2.59. The quantitative estimate of drug-likeness (QED) is 0.141. The Labute approximate surface area is 331 Å². The van der Waals surface area contributed by atoms with Gasteiger partial charge in [-0.05, 0) is 137 Å². The molecule has 0 radical (unpaired) electrons. The first kappa shape index (κ1) is 46.7. The molecule has 55 heavy (non-hydrogen) atoms. The Morgan fingerprint density at radius 2 is 1.25 bits per heavy atom. The highest BCUT2D eigenvalue weighted by Gasteiger charge is 2.59. The molecule has 6 rings (SSSR count). The summed E-state index contributed by atoms with van der Waals surface area (Å²) in [6.45, 7) is 21.1. The molecule has 4 unspecified atom stereocenters. The molecule has 5 aliphatic carbocycles. The van der Waals surface area contributed by atoms with E-state index in [-0.39, 0.29) is 30.1 Å². The Morgan fingerprint density at radius 3 is 1.73 bits per heavy atom. The summed E-state index contributed by atoms with van der Waals surface area (Å²) in [5.41, 5.74) is -2.85. The number of aliphatic hydroxyl groups is 1. The van der Waals surface area contributed by atoms with Crippen LogP contribution < -0.4 is 0 Å². The Kier molecular flexibility index (Phi) is 15.9. The summed E-state index contributed by atoms with van der Waals surface area (Å²) < 4.78 is 26.6. The number of carbonyl (C=O) groups is 5. The molecule has 6 fully saturated rings. The van der Waals surface area contributed by atoms with Crippen molar-refractivity contribution in [2.75, 3.05) is 13.2 Å². The molecule has 6 aliphatic rings. The van der Waals surface area contributed by atoms with Crippen LogP contribution in [0.1, 0.15) is 179 Å². The second-order valence-corrected chi connectivity index (χ2v) is 19.4. The molecular formula is C44H74O11. The zero-order valence-corrected chi connectivity index (χ0v) is 36.1. The topological polar surface area (TPSA) is 152 Å². The molecule has 1 N–H and O–H groups in total. The van der Waals surface area contributed by atoms with Crippen LogP contribution in [0.5, 0.6) is 0 Å². The molecule has 316 valence electrons. The van der Waals surface area contributed by atoms with Crippen LogP contribution in [0.3, 0.4) is 0 Å². The van der Waals surface area contributed by atoms with E-state index >= 15 is 0 Å². The maximum atomic E-state index is 12.4. The fraction of sp³-hybridized carbons (Fsp3) is 0.886.